The van der Waals surface area contributed by atoms with Crippen LogP contribution in [-0.2, 0) is 4.74 Å². The van der Waals surface area contributed by atoms with Crippen LogP contribution in [0.15, 0.2) is 22.7 Å². The molecule has 3 nitrogen and oxygen atoms in total. The number of methoxy groups -OCH3 is 1. The van der Waals surface area contributed by atoms with Crippen molar-refractivity contribution in [3.63, 3.8) is 0 Å². The second-order valence-electron chi connectivity index (χ2n) is 4.72. The van der Waals surface area contributed by atoms with E-state index in [1.165, 1.54) is 0 Å². The van der Waals surface area contributed by atoms with E-state index in [1.807, 2.05) is 30.0 Å². The van der Waals surface area contributed by atoms with Crippen molar-refractivity contribution in [1.29, 1.82) is 0 Å². The van der Waals surface area contributed by atoms with Crippen LogP contribution in [-0.4, -0.2) is 37.1 Å². The lowest BCUT2D eigenvalue weighted by Gasteiger charge is -2.32. The Labute approximate surface area is 116 Å². The van der Waals surface area contributed by atoms with Crippen LogP contribution < -0.4 is 0 Å². The number of rotatable bonds is 2. The van der Waals surface area contributed by atoms with E-state index in [4.69, 9.17) is 4.74 Å². The first-order valence-corrected chi connectivity index (χ1v) is 6.99. The highest BCUT2D eigenvalue weighted by atomic mass is 79.9. The predicted molar refractivity (Wildman–Crippen MR) is 74.8 cm³/mol. The summed E-state index contributed by atoms with van der Waals surface area (Å²) in [5.74, 6) is 0.104. The van der Waals surface area contributed by atoms with E-state index in [2.05, 4.69) is 15.9 Å². The number of halogens is 1. The summed E-state index contributed by atoms with van der Waals surface area (Å²) < 4.78 is 6.38. The number of ether oxygens (including phenoxy) is 1. The number of likely N-dealkylation sites (tertiary alicyclic amines) is 1. The van der Waals surface area contributed by atoms with Gasteiger partial charge in [-0.15, -0.1) is 0 Å². The van der Waals surface area contributed by atoms with Crippen LogP contribution in [0, 0.1) is 6.92 Å². The fraction of sp³-hybridized carbons (Fsp3) is 0.500. The zero-order valence-corrected chi connectivity index (χ0v) is 12.4. The number of piperidine rings is 1. The molecule has 1 aliphatic rings. The van der Waals surface area contributed by atoms with Gasteiger partial charge in [0.05, 0.1) is 6.10 Å². The molecule has 1 aliphatic heterocycles. The summed E-state index contributed by atoms with van der Waals surface area (Å²) >= 11 is 3.45. The lowest BCUT2D eigenvalue weighted by Crippen LogP contribution is -2.42. The fourth-order valence-corrected chi connectivity index (χ4v) is 2.52. The van der Waals surface area contributed by atoms with E-state index in [0.29, 0.717) is 6.54 Å². The molecule has 98 valence electrons. The van der Waals surface area contributed by atoms with E-state index >= 15 is 0 Å². The van der Waals surface area contributed by atoms with Gasteiger partial charge in [-0.05, 0) is 43.5 Å². The number of benzene rings is 1. The topological polar surface area (TPSA) is 29.5 Å². The Morgan fingerprint density at radius 1 is 1.50 bits per heavy atom. The lowest BCUT2D eigenvalue weighted by molar-refractivity contribution is 0.0269. The Balaban J connectivity index is 2.12. The summed E-state index contributed by atoms with van der Waals surface area (Å²) in [5, 5.41) is 0. The van der Waals surface area contributed by atoms with Crippen LogP contribution in [0.4, 0.5) is 0 Å². The van der Waals surface area contributed by atoms with Crippen LogP contribution in [0.5, 0.6) is 0 Å². The quantitative estimate of drug-likeness (QED) is 0.840. The first-order valence-electron chi connectivity index (χ1n) is 6.20. The molecule has 1 atom stereocenters. The molecular weight excluding hydrogens is 294 g/mol. The molecule has 0 bridgehead atoms. The van der Waals surface area contributed by atoms with Crippen LogP contribution in [0.2, 0.25) is 0 Å². The summed E-state index contributed by atoms with van der Waals surface area (Å²) in [6.45, 7) is 3.52. The first-order chi connectivity index (χ1) is 8.61. The molecule has 1 unspecified atom stereocenters. The van der Waals surface area contributed by atoms with Gasteiger partial charge in [-0.2, -0.15) is 0 Å². The molecule has 1 aromatic carbocycles. The maximum Gasteiger partial charge on any atom is 0.253 e. The summed E-state index contributed by atoms with van der Waals surface area (Å²) in [6.07, 6.45) is 2.23. The van der Waals surface area contributed by atoms with Gasteiger partial charge in [-0.3, -0.25) is 4.79 Å². The summed E-state index contributed by atoms with van der Waals surface area (Å²) in [5.41, 5.74) is 1.84. The van der Waals surface area contributed by atoms with Crippen molar-refractivity contribution in [1.82, 2.24) is 4.90 Å². The van der Waals surface area contributed by atoms with Gasteiger partial charge in [-0.25, -0.2) is 0 Å². The molecule has 0 aliphatic carbocycles. The number of hydrogen-bond donors (Lipinski definition) is 0. The number of carbonyl (C=O) groups is 1. The summed E-state index contributed by atoms with van der Waals surface area (Å²) in [7, 11) is 1.71. The van der Waals surface area contributed by atoms with E-state index < -0.39 is 0 Å². The average molecular weight is 312 g/mol. The minimum Gasteiger partial charge on any atom is -0.380 e. The third kappa shape index (κ3) is 2.93. The highest BCUT2D eigenvalue weighted by Gasteiger charge is 2.24. The molecule has 2 rings (SSSR count). The number of carbonyl (C=O) groups excluding carboxylic acids is 1. The van der Waals surface area contributed by atoms with Crippen molar-refractivity contribution in [2.24, 2.45) is 0 Å². The molecule has 1 saturated heterocycles. The van der Waals surface area contributed by atoms with Crippen LogP contribution >= 0.6 is 15.9 Å². The Bertz CT molecular complexity index is 447. The fourth-order valence-electron chi connectivity index (χ4n) is 2.28. The molecule has 0 aromatic heterocycles. The van der Waals surface area contributed by atoms with Crippen LogP contribution in [0.1, 0.15) is 28.8 Å². The monoisotopic (exact) mass is 311 g/mol. The molecule has 4 heteroatoms. The maximum atomic E-state index is 12.4. The molecule has 1 amide bonds. The Morgan fingerprint density at radius 2 is 2.28 bits per heavy atom. The largest absolute Gasteiger partial charge is 0.380 e. The van der Waals surface area contributed by atoms with E-state index in [1.54, 1.807) is 7.11 Å². The standard InChI is InChI=1S/C14H18BrNO2/c1-10-8-11(5-6-13(10)15)14(17)16-7-3-4-12(9-16)18-2/h5-6,8,12H,3-4,7,9H2,1-2H3. The van der Waals surface area contributed by atoms with Crippen LogP contribution in [0.3, 0.4) is 0 Å². The molecule has 0 saturated carbocycles. The summed E-state index contributed by atoms with van der Waals surface area (Å²) in [6, 6.07) is 5.74. The molecule has 0 radical (unpaired) electrons. The predicted octanol–water partition coefficient (Wildman–Crippen LogP) is 3.01. The Morgan fingerprint density at radius 3 is 2.94 bits per heavy atom. The normalized spacial score (nSPS) is 19.9. The third-order valence-corrected chi connectivity index (χ3v) is 4.29. The second kappa shape index (κ2) is 5.85. The Hall–Kier alpha value is -0.870. The van der Waals surface area contributed by atoms with Gasteiger partial charge in [0.25, 0.3) is 5.91 Å². The molecule has 0 spiro atoms. The smallest absolute Gasteiger partial charge is 0.253 e. The van der Waals surface area contributed by atoms with Crippen molar-refractivity contribution >= 4 is 21.8 Å². The van der Waals surface area contributed by atoms with Gasteiger partial charge in [-0.1, -0.05) is 15.9 Å². The molecule has 1 aromatic rings. The summed E-state index contributed by atoms with van der Waals surface area (Å²) in [4.78, 5) is 14.3. The lowest BCUT2D eigenvalue weighted by atomic mass is 10.1. The molecular formula is C14H18BrNO2. The van der Waals surface area contributed by atoms with Crippen molar-refractivity contribution < 1.29 is 9.53 Å². The van der Waals surface area contributed by atoms with Crippen molar-refractivity contribution in [2.75, 3.05) is 20.2 Å². The highest BCUT2D eigenvalue weighted by molar-refractivity contribution is 9.10. The number of aryl methyl sites for hydroxylation is 1. The van der Waals surface area contributed by atoms with Crippen molar-refractivity contribution in [3.8, 4) is 0 Å². The second-order valence-corrected chi connectivity index (χ2v) is 5.57. The number of amides is 1. The first kappa shape index (κ1) is 13.6. The zero-order valence-electron chi connectivity index (χ0n) is 10.8. The van der Waals surface area contributed by atoms with E-state index in [0.717, 1.165) is 35.0 Å². The zero-order chi connectivity index (χ0) is 13.1. The van der Waals surface area contributed by atoms with E-state index in [9.17, 15) is 4.79 Å². The molecule has 1 heterocycles. The van der Waals surface area contributed by atoms with Gasteiger partial charge < -0.3 is 9.64 Å². The van der Waals surface area contributed by atoms with E-state index in [-0.39, 0.29) is 12.0 Å². The highest BCUT2D eigenvalue weighted by Crippen LogP contribution is 2.20. The number of hydrogen-bond acceptors (Lipinski definition) is 2. The van der Waals surface area contributed by atoms with Gasteiger partial charge in [0, 0.05) is 30.2 Å². The van der Waals surface area contributed by atoms with Gasteiger partial charge in [0.15, 0.2) is 0 Å². The average Bonchev–Trinajstić information content (AvgIpc) is 2.41. The van der Waals surface area contributed by atoms with Crippen LogP contribution in [0.25, 0.3) is 0 Å². The minimum atomic E-state index is 0.104. The van der Waals surface area contributed by atoms with Gasteiger partial charge >= 0.3 is 0 Å². The SMILES string of the molecule is COC1CCCN(C(=O)c2ccc(Br)c(C)c2)C1. The van der Waals surface area contributed by atoms with Crippen molar-refractivity contribution in [3.05, 3.63) is 33.8 Å². The number of nitrogens with zero attached hydrogens (tertiary/aromatic N) is 1. The van der Waals surface area contributed by atoms with Crippen molar-refractivity contribution in [2.45, 2.75) is 25.9 Å². The molecule has 1 fully saturated rings. The van der Waals surface area contributed by atoms with Gasteiger partial charge in [0.2, 0.25) is 0 Å². The maximum absolute atomic E-state index is 12.4. The molecule has 18 heavy (non-hydrogen) atoms. The Kier molecular flexibility index (Phi) is 4.40. The molecule has 0 N–H and O–H groups in total. The third-order valence-electron chi connectivity index (χ3n) is 3.40. The minimum absolute atomic E-state index is 0.104. The van der Waals surface area contributed by atoms with Gasteiger partial charge in [0.1, 0.15) is 0 Å².